The highest BCUT2D eigenvalue weighted by molar-refractivity contribution is 7.89. The Bertz CT molecular complexity index is 379. The first-order chi connectivity index (χ1) is 8.38. The number of sulfonamides is 1. The highest BCUT2D eigenvalue weighted by Gasteiger charge is 2.35. The topological polar surface area (TPSA) is 83.6 Å². The van der Waals surface area contributed by atoms with E-state index in [0.717, 1.165) is 58.0 Å². The van der Waals surface area contributed by atoms with Crippen LogP contribution in [0.3, 0.4) is 0 Å². The largest absolute Gasteiger partial charge is 0.390 e. The molecular weight excluding hydrogens is 252 g/mol. The summed E-state index contributed by atoms with van der Waals surface area (Å²) >= 11 is 0. The molecule has 0 aromatic heterocycles. The number of piperidine rings is 1. The van der Waals surface area contributed by atoms with Gasteiger partial charge in [0.1, 0.15) is 0 Å². The van der Waals surface area contributed by atoms with Crippen molar-refractivity contribution < 1.29 is 13.5 Å². The first kappa shape index (κ1) is 14.2. The minimum atomic E-state index is -3.41. The van der Waals surface area contributed by atoms with Crippen molar-refractivity contribution in [3.05, 3.63) is 0 Å². The average molecular weight is 276 g/mol. The lowest BCUT2D eigenvalue weighted by atomic mass is 9.77. The fraction of sp³-hybridized carbons (Fsp3) is 1.00. The van der Waals surface area contributed by atoms with Crippen molar-refractivity contribution in [2.45, 2.75) is 56.6 Å². The summed E-state index contributed by atoms with van der Waals surface area (Å²) in [6.45, 7) is 1.72. The Morgan fingerprint density at radius 1 is 1.28 bits per heavy atom. The van der Waals surface area contributed by atoms with Crippen LogP contribution in [-0.4, -0.2) is 48.9 Å². The summed E-state index contributed by atoms with van der Waals surface area (Å²) in [5, 5.41) is 15.2. The number of primary sulfonamides is 1. The molecule has 6 heteroatoms. The predicted molar refractivity (Wildman–Crippen MR) is 70.6 cm³/mol. The molecule has 1 aliphatic heterocycles. The molecule has 2 rings (SSSR count). The third-order valence-corrected chi connectivity index (χ3v) is 5.17. The van der Waals surface area contributed by atoms with Crippen molar-refractivity contribution in [3.8, 4) is 0 Å². The Labute approximate surface area is 109 Å². The Morgan fingerprint density at radius 2 is 2.00 bits per heavy atom. The highest BCUT2D eigenvalue weighted by Crippen LogP contribution is 2.35. The molecule has 0 aromatic carbocycles. The number of hydrogen-bond acceptors (Lipinski definition) is 4. The average Bonchev–Trinajstić information content (AvgIpc) is 2.23. The number of hydrogen-bond donors (Lipinski definition) is 2. The molecule has 0 bridgehead atoms. The van der Waals surface area contributed by atoms with E-state index in [0.29, 0.717) is 0 Å². The molecular formula is C12H24N2O3S. The molecule has 3 N–H and O–H groups in total. The highest BCUT2D eigenvalue weighted by atomic mass is 32.2. The molecule has 1 unspecified atom stereocenters. The molecule has 106 valence electrons. The molecule has 0 aromatic rings. The number of aliphatic hydroxyl groups is 1. The summed E-state index contributed by atoms with van der Waals surface area (Å²) in [5.41, 5.74) is -0.483. The van der Waals surface area contributed by atoms with Crippen LogP contribution < -0.4 is 5.14 Å². The molecule has 18 heavy (non-hydrogen) atoms. The van der Waals surface area contributed by atoms with Gasteiger partial charge in [-0.3, -0.25) is 4.90 Å². The summed E-state index contributed by atoms with van der Waals surface area (Å²) in [4.78, 5) is 2.20. The van der Waals surface area contributed by atoms with Crippen LogP contribution in [0.4, 0.5) is 0 Å². The summed E-state index contributed by atoms with van der Waals surface area (Å²) in [7, 11) is -3.41. The SMILES string of the molecule is NS(=O)(=O)CC1CCCCN1CCC1(O)CCC1. The first-order valence-electron chi connectivity index (χ1n) is 6.85. The second-order valence-electron chi connectivity index (χ2n) is 5.84. The van der Waals surface area contributed by atoms with E-state index in [1.54, 1.807) is 0 Å². The van der Waals surface area contributed by atoms with Gasteiger partial charge in [0.2, 0.25) is 10.0 Å². The Morgan fingerprint density at radius 3 is 2.56 bits per heavy atom. The molecule has 2 fully saturated rings. The van der Waals surface area contributed by atoms with Crippen LogP contribution in [0.25, 0.3) is 0 Å². The maximum Gasteiger partial charge on any atom is 0.210 e. The third-order valence-electron chi connectivity index (χ3n) is 4.32. The standard InChI is InChI=1S/C12H24N2O3S/c13-18(16,17)10-11-4-1-2-8-14(11)9-7-12(15)5-3-6-12/h11,15H,1-10H2,(H2,13,16,17). The predicted octanol–water partition coefficient (Wildman–Crippen LogP) is 0.435. The van der Waals surface area contributed by atoms with E-state index in [-0.39, 0.29) is 11.8 Å². The zero-order valence-electron chi connectivity index (χ0n) is 10.8. The fourth-order valence-electron chi connectivity index (χ4n) is 3.00. The molecule has 2 aliphatic rings. The van der Waals surface area contributed by atoms with Crippen LogP contribution in [-0.2, 0) is 10.0 Å². The van der Waals surface area contributed by atoms with Gasteiger partial charge in [-0.25, -0.2) is 13.6 Å². The zero-order chi connectivity index (χ0) is 13.2. The smallest absolute Gasteiger partial charge is 0.210 e. The second kappa shape index (κ2) is 5.45. The Kier molecular flexibility index (Phi) is 4.31. The number of nitrogens with zero attached hydrogens (tertiary/aromatic N) is 1. The normalized spacial score (nSPS) is 28.9. The maximum absolute atomic E-state index is 11.2. The number of rotatable bonds is 5. The monoisotopic (exact) mass is 276 g/mol. The van der Waals surface area contributed by atoms with E-state index >= 15 is 0 Å². The zero-order valence-corrected chi connectivity index (χ0v) is 11.7. The quantitative estimate of drug-likeness (QED) is 0.763. The molecule has 1 saturated carbocycles. The van der Waals surface area contributed by atoms with Crippen LogP contribution in [0, 0.1) is 0 Å². The second-order valence-corrected chi connectivity index (χ2v) is 7.50. The van der Waals surface area contributed by atoms with E-state index in [4.69, 9.17) is 5.14 Å². The molecule has 0 radical (unpaired) electrons. The van der Waals surface area contributed by atoms with Gasteiger partial charge in [0.25, 0.3) is 0 Å². The Hall–Kier alpha value is -0.170. The minimum absolute atomic E-state index is 0.0393. The molecule has 5 nitrogen and oxygen atoms in total. The van der Waals surface area contributed by atoms with Crippen molar-refractivity contribution >= 4 is 10.0 Å². The molecule has 1 saturated heterocycles. The van der Waals surface area contributed by atoms with Gasteiger partial charge in [-0.1, -0.05) is 6.42 Å². The fourth-order valence-corrected chi connectivity index (χ4v) is 3.91. The van der Waals surface area contributed by atoms with Crippen molar-refractivity contribution in [2.24, 2.45) is 5.14 Å². The Balaban J connectivity index is 1.87. The van der Waals surface area contributed by atoms with Crippen LogP contribution in [0.1, 0.15) is 44.9 Å². The minimum Gasteiger partial charge on any atom is -0.390 e. The molecule has 1 aliphatic carbocycles. The summed E-state index contributed by atoms with van der Waals surface area (Å²) in [6.07, 6.45) is 6.72. The lowest BCUT2D eigenvalue weighted by Crippen LogP contribution is -2.48. The van der Waals surface area contributed by atoms with E-state index in [2.05, 4.69) is 4.90 Å². The first-order valence-corrected chi connectivity index (χ1v) is 8.56. The van der Waals surface area contributed by atoms with Gasteiger partial charge in [-0.15, -0.1) is 0 Å². The maximum atomic E-state index is 11.2. The van der Waals surface area contributed by atoms with Crippen LogP contribution in [0.15, 0.2) is 0 Å². The van der Waals surface area contributed by atoms with Gasteiger partial charge in [-0.05, 0) is 45.1 Å². The van der Waals surface area contributed by atoms with Gasteiger partial charge in [0.05, 0.1) is 11.4 Å². The number of likely N-dealkylation sites (tertiary alicyclic amines) is 1. The van der Waals surface area contributed by atoms with E-state index in [9.17, 15) is 13.5 Å². The molecule has 0 amide bonds. The molecule has 1 heterocycles. The van der Waals surface area contributed by atoms with Crippen molar-refractivity contribution in [1.82, 2.24) is 4.90 Å². The van der Waals surface area contributed by atoms with Gasteiger partial charge in [0.15, 0.2) is 0 Å². The lowest BCUT2D eigenvalue weighted by molar-refractivity contribution is -0.0495. The van der Waals surface area contributed by atoms with Gasteiger partial charge >= 0.3 is 0 Å². The summed E-state index contributed by atoms with van der Waals surface area (Å²) in [5.74, 6) is 0.0471. The van der Waals surface area contributed by atoms with Crippen molar-refractivity contribution in [3.63, 3.8) is 0 Å². The third kappa shape index (κ3) is 3.91. The van der Waals surface area contributed by atoms with Crippen LogP contribution in [0.5, 0.6) is 0 Å². The van der Waals surface area contributed by atoms with Crippen molar-refractivity contribution in [1.29, 1.82) is 0 Å². The van der Waals surface area contributed by atoms with Crippen molar-refractivity contribution in [2.75, 3.05) is 18.8 Å². The van der Waals surface area contributed by atoms with Crippen LogP contribution in [0.2, 0.25) is 0 Å². The van der Waals surface area contributed by atoms with E-state index in [1.165, 1.54) is 0 Å². The molecule has 0 spiro atoms. The van der Waals surface area contributed by atoms with E-state index < -0.39 is 15.6 Å². The molecule has 1 atom stereocenters. The van der Waals surface area contributed by atoms with E-state index in [1.807, 2.05) is 0 Å². The lowest BCUT2D eigenvalue weighted by Gasteiger charge is -2.41. The van der Waals surface area contributed by atoms with Crippen LogP contribution >= 0.6 is 0 Å². The van der Waals surface area contributed by atoms with Gasteiger partial charge in [-0.2, -0.15) is 0 Å². The van der Waals surface area contributed by atoms with Gasteiger partial charge < -0.3 is 5.11 Å². The summed E-state index contributed by atoms with van der Waals surface area (Å²) < 4.78 is 22.4. The van der Waals surface area contributed by atoms with Gasteiger partial charge in [0, 0.05) is 12.6 Å². The summed E-state index contributed by atoms with van der Waals surface area (Å²) in [6, 6.07) is 0.0393. The number of nitrogens with two attached hydrogens (primary N) is 1.